The first-order chi connectivity index (χ1) is 11.8. The van der Waals surface area contributed by atoms with Crippen LogP contribution in [0, 0.1) is 0 Å². The Morgan fingerprint density at radius 3 is 2.84 bits per heavy atom. The van der Waals surface area contributed by atoms with Crippen molar-refractivity contribution in [2.75, 3.05) is 13.7 Å². The molecule has 0 amide bonds. The molecule has 1 aromatic carbocycles. The van der Waals surface area contributed by atoms with Gasteiger partial charge in [0.15, 0.2) is 0 Å². The highest BCUT2D eigenvalue weighted by molar-refractivity contribution is 8.03. The third kappa shape index (κ3) is 3.19. The van der Waals surface area contributed by atoms with Crippen LogP contribution < -0.4 is 10.5 Å². The van der Waals surface area contributed by atoms with E-state index in [4.69, 9.17) is 9.47 Å². The van der Waals surface area contributed by atoms with Gasteiger partial charge in [0.1, 0.15) is 12.4 Å². The molecule has 0 N–H and O–H groups in total. The molecule has 0 aliphatic carbocycles. The Morgan fingerprint density at radius 2 is 2.16 bits per heavy atom. The zero-order chi connectivity index (χ0) is 18.2. The number of benzene rings is 1. The topological polar surface area (TPSA) is 66.5 Å². The number of hydrogen-bond acceptors (Lipinski definition) is 6. The minimum atomic E-state index is -4.56. The van der Waals surface area contributed by atoms with Crippen LogP contribution in [0.1, 0.15) is 18.3 Å². The van der Waals surface area contributed by atoms with Gasteiger partial charge in [-0.25, -0.2) is 9.36 Å². The number of alkyl halides is 3. The molecule has 0 spiro atoms. The van der Waals surface area contributed by atoms with E-state index >= 15 is 0 Å². The van der Waals surface area contributed by atoms with E-state index in [9.17, 15) is 18.0 Å². The normalized spacial score (nSPS) is 20.1. The summed E-state index contributed by atoms with van der Waals surface area (Å²) in [6, 6.07) is 6.36. The van der Waals surface area contributed by atoms with Gasteiger partial charge in [-0.1, -0.05) is 29.1 Å². The van der Waals surface area contributed by atoms with E-state index in [1.165, 1.54) is 18.6 Å². The standard InChI is InChI=1S/C15H13F3N2O4S/c1-9-7-25-15(23-8-14(16,17)18,12-19-24-13(21)20(9)12)10-4-3-5-11(6-10)22-2/h3-7H,8H2,1-2H3. The minimum Gasteiger partial charge on any atom is -0.497 e. The number of ether oxygens (including phenoxy) is 2. The first kappa shape index (κ1) is 17.6. The molecule has 1 aliphatic rings. The Labute approximate surface area is 144 Å². The lowest BCUT2D eigenvalue weighted by Crippen LogP contribution is -2.37. The molecule has 0 bridgehead atoms. The summed E-state index contributed by atoms with van der Waals surface area (Å²) in [7, 11) is 1.44. The molecule has 0 radical (unpaired) electrons. The average Bonchev–Trinajstić information content (AvgIpc) is 2.97. The van der Waals surface area contributed by atoms with E-state index in [0.717, 1.165) is 16.3 Å². The van der Waals surface area contributed by atoms with Crippen LogP contribution in [0.4, 0.5) is 13.2 Å². The number of hydrogen-bond donors (Lipinski definition) is 0. The van der Waals surface area contributed by atoms with Gasteiger partial charge >= 0.3 is 11.9 Å². The van der Waals surface area contributed by atoms with Crippen LogP contribution in [-0.4, -0.2) is 29.6 Å². The molecule has 0 saturated carbocycles. The summed E-state index contributed by atoms with van der Waals surface area (Å²) >= 11 is 0.966. The van der Waals surface area contributed by atoms with Gasteiger partial charge in [-0.15, -0.1) is 0 Å². The summed E-state index contributed by atoms with van der Waals surface area (Å²) in [5.74, 6) is -0.441. The van der Waals surface area contributed by atoms with Crippen molar-refractivity contribution in [3.8, 4) is 5.75 Å². The number of methoxy groups -OCH3 is 1. The largest absolute Gasteiger partial charge is 0.497 e. The van der Waals surface area contributed by atoms with Crippen LogP contribution >= 0.6 is 11.8 Å². The van der Waals surface area contributed by atoms with E-state index in [-0.39, 0.29) is 5.82 Å². The summed E-state index contributed by atoms with van der Waals surface area (Å²) < 4.78 is 54.6. The molecule has 6 nitrogen and oxygen atoms in total. The predicted octanol–water partition coefficient (Wildman–Crippen LogP) is 3.19. The summed E-state index contributed by atoms with van der Waals surface area (Å²) in [6.07, 6.45) is -4.56. The Bertz CT molecular complexity index is 874. The fraction of sp³-hybridized carbons (Fsp3) is 0.333. The van der Waals surface area contributed by atoms with E-state index in [1.807, 2.05) is 0 Å². The zero-order valence-corrected chi connectivity index (χ0v) is 14.0. The Morgan fingerprint density at radius 1 is 1.40 bits per heavy atom. The summed E-state index contributed by atoms with van der Waals surface area (Å²) in [6.45, 7) is 0.0967. The van der Waals surface area contributed by atoms with Gasteiger partial charge in [0.05, 0.1) is 7.11 Å². The van der Waals surface area contributed by atoms with Gasteiger partial charge in [-0.05, 0) is 24.5 Å². The Balaban J connectivity index is 2.18. The quantitative estimate of drug-likeness (QED) is 0.819. The maximum atomic E-state index is 12.8. The molecule has 134 valence electrons. The van der Waals surface area contributed by atoms with Crippen molar-refractivity contribution in [1.29, 1.82) is 0 Å². The zero-order valence-electron chi connectivity index (χ0n) is 13.2. The van der Waals surface area contributed by atoms with Gasteiger partial charge in [-0.2, -0.15) is 13.2 Å². The van der Waals surface area contributed by atoms with Crippen molar-refractivity contribution in [1.82, 2.24) is 9.72 Å². The summed E-state index contributed by atoms with van der Waals surface area (Å²) in [5, 5.41) is 5.20. The second kappa shape index (κ2) is 6.26. The first-order valence-corrected chi connectivity index (χ1v) is 7.94. The Hall–Kier alpha value is -2.20. The fourth-order valence-electron chi connectivity index (χ4n) is 2.43. The van der Waals surface area contributed by atoms with Crippen molar-refractivity contribution in [2.24, 2.45) is 0 Å². The third-order valence-corrected chi connectivity index (χ3v) is 4.86. The molecule has 0 saturated heterocycles. The van der Waals surface area contributed by atoms with Gasteiger partial charge in [0, 0.05) is 11.3 Å². The van der Waals surface area contributed by atoms with Crippen molar-refractivity contribution < 1.29 is 27.2 Å². The predicted molar refractivity (Wildman–Crippen MR) is 84.1 cm³/mol. The van der Waals surface area contributed by atoms with Crippen molar-refractivity contribution >= 4 is 17.5 Å². The van der Waals surface area contributed by atoms with Gasteiger partial charge in [0.25, 0.3) is 0 Å². The highest BCUT2D eigenvalue weighted by atomic mass is 32.2. The number of rotatable bonds is 4. The Kier molecular flexibility index (Phi) is 4.41. The van der Waals surface area contributed by atoms with Crippen molar-refractivity contribution in [3.63, 3.8) is 0 Å². The second-order valence-corrected chi connectivity index (χ2v) is 6.28. The minimum absolute atomic E-state index is 0.0694. The molecule has 1 unspecified atom stereocenters. The molecule has 2 aromatic rings. The van der Waals surface area contributed by atoms with Crippen LogP contribution in [0.15, 0.2) is 39.0 Å². The monoisotopic (exact) mass is 374 g/mol. The molecular weight excluding hydrogens is 361 g/mol. The molecule has 1 aromatic heterocycles. The van der Waals surface area contributed by atoms with E-state index in [0.29, 0.717) is 17.0 Å². The number of aromatic nitrogens is 2. The molecule has 0 fully saturated rings. The molecule has 10 heteroatoms. The molecular formula is C15H13F3N2O4S. The van der Waals surface area contributed by atoms with Gasteiger partial charge < -0.3 is 9.47 Å². The highest BCUT2D eigenvalue weighted by Crippen LogP contribution is 2.48. The first-order valence-electron chi connectivity index (χ1n) is 7.06. The lowest BCUT2D eigenvalue weighted by molar-refractivity contribution is -0.188. The maximum Gasteiger partial charge on any atom is 0.446 e. The maximum absolute atomic E-state index is 12.8. The fourth-order valence-corrected chi connectivity index (χ4v) is 3.50. The van der Waals surface area contributed by atoms with Crippen LogP contribution in [0.2, 0.25) is 0 Å². The smallest absolute Gasteiger partial charge is 0.446 e. The lowest BCUT2D eigenvalue weighted by Gasteiger charge is -2.34. The van der Waals surface area contributed by atoms with Gasteiger partial charge in [-0.3, -0.25) is 4.52 Å². The molecule has 3 rings (SSSR count). The number of thioether (sulfide) groups is 1. The van der Waals surface area contributed by atoms with Crippen LogP contribution in [-0.2, 0) is 9.67 Å². The third-order valence-electron chi connectivity index (χ3n) is 3.54. The summed E-state index contributed by atoms with van der Waals surface area (Å²) in [4.78, 5) is 10.2. The highest BCUT2D eigenvalue weighted by Gasteiger charge is 2.47. The molecule has 1 aliphatic heterocycles. The van der Waals surface area contributed by atoms with Crippen molar-refractivity contribution in [2.45, 2.75) is 18.0 Å². The molecule has 25 heavy (non-hydrogen) atoms. The van der Waals surface area contributed by atoms with E-state index in [1.54, 1.807) is 25.1 Å². The number of fused-ring (bicyclic) bond motifs is 1. The van der Waals surface area contributed by atoms with Crippen molar-refractivity contribution in [3.05, 3.63) is 51.6 Å². The molecule has 1 atom stereocenters. The second-order valence-electron chi connectivity index (χ2n) is 5.24. The van der Waals surface area contributed by atoms with Crippen LogP contribution in [0.25, 0.3) is 5.70 Å². The number of allylic oxidation sites excluding steroid dienone is 1. The van der Waals surface area contributed by atoms with Gasteiger partial charge in [0.2, 0.25) is 10.8 Å². The SMILES string of the molecule is COc1cccc(C2(OCC(F)(F)F)SC=C(C)n3c2noc3=O)c1. The number of halogens is 3. The molecule has 2 heterocycles. The van der Waals surface area contributed by atoms with Crippen LogP contribution in [0.3, 0.4) is 0 Å². The summed E-state index contributed by atoms with van der Waals surface area (Å²) in [5.41, 5.74) is 0.812. The van der Waals surface area contributed by atoms with E-state index < -0.39 is 23.5 Å². The average molecular weight is 374 g/mol. The lowest BCUT2D eigenvalue weighted by atomic mass is 10.1. The number of nitrogens with zero attached hydrogens (tertiary/aromatic N) is 2. The van der Waals surface area contributed by atoms with E-state index in [2.05, 4.69) is 9.68 Å². The van der Waals surface area contributed by atoms with Crippen LogP contribution in [0.5, 0.6) is 5.75 Å².